The summed E-state index contributed by atoms with van der Waals surface area (Å²) in [5.74, 6) is 0.492. The van der Waals surface area contributed by atoms with Gasteiger partial charge in [-0.05, 0) is 45.6 Å². The van der Waals surface area contributed by atoms with E-state index in [0.29, 0.717) is 18.6 Å². The van der Waals surface area contributed by atoms with Gasteiger partial charge in [0, 0.05) is 18.6 Å². The van der Waals surface area contributed by atoms with Gasteiger partial charge in [0.1, 0.15) is 5.54 Å². The lowest BCUT2D eigenvalue weighted by Crippen LogP contribution is -2.61. The van der Waals surface area contributed by atoms with E-state index in [2.05, 4.69) is 24.2 Å². The van der Waals surface area contributed by atoms with Crippen LogP contribution < -0.4 is 11.1 Å². The molecule has 1 amide bonds. The highest BCUT2D eigenvalue weighted by molar-refractivity contribution is 5.84. The highest BCUT2D eigenvalue weighted by Crippen LogP contribution is 2.29. The zero-order valence-electron chi connectivity index (χ0n) is 12.6. The Morgan fingerprint density at radius 3 is 2.47 bits per heavy atom. The van der Waals surface area contributed by atoms with Gasteiger partial charge < -0.3 is 10.6 Å². The van der Waals surface area contributed by atoms with E-state index in [1.54, 1.807) is 0 Å². The van der Waals surface area contributed by atoms with Crippen molar-refractivity contribution in [2.24, 2.45) is 11.7 Å². The van der Waals surface area contributed by atoms with Crippen LogP contribution in [0.25, 0.3) is 0 Å². The van der Waals surface area contributed by atoms with Crippen molar-refractivity contribution < 1.29 is 4.79 Å². The predicted molar refractivity (Wildman–Crippen MR) is 77.8 cm³/mol. The van der Waals surface area contributed by atoms with Crippen LogP contribution in [0.4, 0.5) is 0 Å². The molecule has 0 aromatic heterocycles. The number of rotatable bonds is 6. The molecule has 0 aliphatic heterocycles. The van der Waals surface area contributed by atoms with E-state index in [1.165, 1.54) is 38.5 Å². The first-order valence-electron chi connectivity index (χ1n) is 7.70. The molecule has 0 radical (unpaired) electrons. The van der Waals surface area contributed by atoms with Gasteiger partial charge in [0.15, 0.2) is 0 Å². The number of primary amides is 1. The van der Waals surface area contributed by atoms with Crippen LogP contribution in [-0.2, 0) is 4.79 Å². The van der Waals surface area contributed by atoms with Gasteiger partial charge in [0.2, 0.25) is 5.91 Å². The molecule has 3 atom stereocenters. The maximum atomic E-state index is 11.8. The fourth-order valence-electron chi connectivity index (χ4n) is 3.44. The van der Waals surface area contributed by atoms with Crippen LogP contribution in [0, 0.1) is 5.92 Å². The van der Waals surface area contributed by atoms with Crippen LogP contribution in [0.2, 0.25) is 0 Å². The van der Waals surface area contributed by atoms with E-state index in [4.69, 9.17) is 5.73 Å². The molecule has 2 saturated carbocycles. The van der Waals surface area contributed by atoms with Crippen molar-refractivity contribution in [1.82, 2.24) is 10.2 Å². The average molecular weight is 267 g/mol. The Labute approximate surface area is 117 Å². The quantitative estimate of drug-likeness (QED) is 0.766. The second kappa shape index (κ2) is 5.80. The number of likely N-dealkylation sites (N-methyl/N-ethyl adjacent to an activating group) is 1. The van der Waals surface area contributed by atoms with Crippen molar-refractivity contribution in [2.45, 2.75) is 70.0 Å². The fraction of sp³-hybridized carbons (Fsp3) is 0.933. The van der Waals surface area contributed by atoms with Gasteiger partial charge in [-0.1, -0.05) is 19.8 Å². The van der Waals surface area contributed by atoms with Gasteiger partial charge in [0.25, 0.3) is 0 Å². The second-order valence-electron chi connectivity index (χ2n) is 6.86. The monoisotopic (exact) mass is 267 g/mol. The molecule has 0 spiro atoms. The molecule has 19 heavy (non-hydrogen) atoms. The first-order valence-corrected chi connectivity index (χ1v) is 7.70. The summed E-state index contributed by atoms with van der Waals surface area (Å²) in [5, 5.41) is 3.44. The van der Waals surface area contributed by atoms with Crippen molar-refractivity contribution in [3.8, 4) is 0 Å². The SMILES string of the molecule is CC1CCCCC1N(C)CC(C)(NC1CC1)C(N)=O. The third-order valence-corrected chi connectivity index (χ3v) is 4.84. The predicted octanol–water partition coefficient (Wildman–Crippen LogP) is 1.49. The summed E-state index contributed by atoms with van der Waals surface area (Å²) in [7, 11) is 2.14. The summed E-state index contributed by atoms with van der Waals surface area (Å²) in [4.78, 5) is 14.2. The molecule has 2 rings (SSSR count). The highest BCUT2D eigenvalue weighted by Gasteiger charge is 2.39. The van der Waals surface area contributed by atoms with Crippen LogP contribution >= 0.6 is 0 Å². The van der Waals surface area contributed by atoms with Crippen LogP contribution in [0.3, 0.4) is 0 Å². The van der Waals surface area contributed by atoms with Gasteiger partial charge in [0.05, 0.1) is 0 Å². The van der Waals surface area contributed by atoms with Crippen molar-refractivity contribution >= 4 is 5.91 Å². The summed E-state index contributed by atoms with van der Waals surface area (Å²) in [6.07, 6.45) is 7.55. The minimum absolute atomic E-state index is 0.227. The Morgan fingerprint density at radius 1 is 1.32 bits per heavy atom. The van der Waals surface area contributed by atoms with Crippen molar-refractivity contribution in [1.29, 1.82) is 0 Å². The lowest BCUT2D eigenvalue weighted by atomic mass is 9.84. The molecule has 4 nitrogen and oxygen atoms in total. The van der Waals surface area contributed by atoms with Crippen LogP contribution in [0.1, 0.15) is 52.4 Å². The number of hydrogen-bond donors (Lipinski definition) is 2. The Morgan fingerprint density at radius 2 is 1.95 bits per heavy atom. The molecule has 4 heteroatoms. The first kappa shape index (κ1) is 14.8. The number of amides is 1. The van der Waals surface area contributed by atoms with Gasteiger partial charge in [-0.15, -0.1) is 0 Å². The van der Waals surface area contributed by atoms with Crippen LogP contribution in [0.5, 0.6) is 0 Å². The third-order valence-electron chi connectivity index (χ3n) is 4.84. The van der Waals surface area contributed by atoms with Crippen molar-refractivity contribution in [2.75, 3.05) is 13.6 Å². The van der Waals surface area contributed by atoms with E-state index in [-0.39, 0.29) is 5.91 Å². The lowest BCUT2D eigenvalue weighted by molar-refractivity contribution is -0.125. The minimum Gasteiger partial charge on any atom is -0.368 e. The van der Waals surface area contributed by atoms with Crippen LogP contribution in [-0.4, -0.2) is 42.0 Å². The summed E-state index contributed by atoms with van der Waals surface area (Å²) in [5.41, 5.74) is 5.04. The lowest BCUT2D eigenvalue weighted by Gasteiger charge is -2.40. The smallest absolute Gasteiger partial charge is 0.238 e. The van der Waals surface area contributed by atoms with E-state index < -0.39 is 5.54 Å². The zero-order valence-corrected chi connectivity index (χ0v) is 12.6. The molecule has 0 heterocycles. The fourth-order valence-corrected chi connectivity index (χ4v) is 3.44. The molecule has 0 bridgehead atoms. The van der Waals surface area contributed by atoms with Gasteiger partial charge in [-0.25, -0.2) is 0 Å². The molecule has 0 aromatic carbocycles. The maximum absolute atomic E-state index is 11.8. The van der Waals surface area contributed by atoms with Crippen molar-refractivity contribution in [3.63, 3.8) is 0 Å². The average Bonchev–Trinajstić information content (AvgIpc) is 3.12. The molecule has 2 aliphatic carbocycles. The topological polar surface area (TPSA) is 58.4 Å². The summed E-state index contributed by atoms with van der Waals surface area (Å²) in [6, 6.07) is 1.09. The zero-order chi connectivity index (χ0) is 14.0. The number of carbonyl (C=O) groups is 1. The molecule has 110 valence electrons. The molecule has 3 unspecified atom stereocenters. The van der Waals surface area contributed by atoms with E-state index in [0.717, 1.165) is 5.92 Å². The molecular formula is C15H29N3O. The maximum Gasteiger partial charge on any atom is 0.238 e. The Kier molecular flexibility index (Phi) is 4.51. The summed E-state index contributed by atoms with van der Waals surface area (Å²) in [6.45, 7) is 5.00. The largest absolute Gasteiger partial charge is 0.368 e. The van der Waals surface area contributed by atoms with Gasteiger partial charge >= 0.3 is 0 Å². The van der Waals surface area contributed by atoms with Crippen molar-refractivity contribution in [3.05, 3.63) is 0 Å². The van der Waals surface area contributed by atoms with Crippen LogP contribution in [0.15, 0.2) is 0 Å². The number of nitrogens with zero attached hydrogens (tertiary/aromatic N) is 1. The highest BCUT2D eigenvalue weighted by atomic mass is 16.1. The van der Waals surface area contributed by atoms with Gasteiger partial charge in [-0.3, -0.25) is 10.1 Å². The summed E-state index contributed by atoms with van der Waals surface area (Å²) >= 11 is 0. The molecule has 2 aliphatic rings. The first-order chi connectivity index (χ1) is 8.92. The number of nitrogens with one attached hydrogen (secondary N) is 1. The summed E-state index contributed by atoms with van der Waals surface area (Å²) < 4.78 is 0. The van der Waals surface area contributed by atoms with E-state index in [1.807, 2.05) is 6.92 Å². The number of nitrogens with two attached hydrogens (primary N) is 1. The Hall–Kier alpha value is -0.610. The third kappa shape index (κ3) is 3.69. The molecule has 0 aromatic rings. The molecular weight excluding hydrogens is 238 g/mol. The Balaban J connectivity index is 1.97. The Bertz CT molecular complexity index is 329. The normalized spacial score (nSPS) is 31.2. The molecule has 2 fully saturated rings. The molecule has 3 N–H and O–H groups in total. The van der Waals surface area contributed by atoms with E-state index in [9.17, 15) is 4.79 Å². The second-order valence-corrected chi connectivity index (χ2v) is 6.86. The van der Waals surface area contributed by atoms with E-state index >= 15 is 0 Å². The van der Waals surface area contributed by atoms with Gasteiger partial charge in [-0.2, -0.15) is 0 Å². The standard InChI is InChI=1S/C15H29N3O/c1-11-6-4-5-7-13(11)18(3)10-15(2,14(16)19)17-12-8-9-12/h11-13,17H,4-10H2,1-3H3,(H2,16,19). The number of carbonyl (C=O) groups excluding carboxylic acids is 1. The minimum atomic E-state index is -0.590. The molecule has 0 saturated heterocycles. The number of hydrogen-bond acceptors (Lipinski definition) is 3.